The van der Waals surface area contributed by atoms with Gasteiger partial charge in [-0.3, -0.25) is 4.79 Å². The molecule has 0 N–H and O–H groups in total. The van der Waals surface area contributed by atoms with E-state index in [1.54, 1.807) is 18.2 Å². The van der Waals surface area contributed by atoms with Crippen molar-refractivity contribution in [1.29, 1.82) is 0 Å². The summed E-state index contributed by atoms with van der Waals surface area (Å²) >= 11 is 0. The second kappa shape index (κ2) is 11.5. The zero-order valence-corrected chi connectivity index (χ0v) is 19.2. The number of oxazole rings is 1. The number of carbonyl (C=O) groups is 1. The van der Waals surface area contributed by atoms with Crippen molar-refractivity contribution in [2.75, 3.05) is 20.5 Å². The molecule has 0 aliphatic rings. The van der Waals surface area contributed by atoms with Gasteiger partial charge in [-0.2, -0.15) is 4.98 Å². The van der Waals surface area contributed by atoms with E-state index in [4.69, 9.17) is 23.4 Å². The molecule has 1 heterocycles. The first-order valence-electron chi connectivity index (χ1n) is 10.7. The van der Waals surface area contributed by atoms with E-state index in [9.17, 15) is 9.18 Å². The van der Waals surface area contributed by atoms with Crippen LogP contribution in [0.3, 0.4) is 0 Å². The van der Waals surface area contributed by atoms with Crippen molar-refractivity contribution in [3.63, 3.8) is 0 Å². The summed E-state index contributed by atoms with van der Waals surface area (Å²) in [6.45, 7) is 6.30. The summed E-state index contributed by atoms with van der Waals surface area (Å²) in [6, 6.07) is 9.74. The monoisotopic (exact) mass is 457 g/mol. The van der Waals surface area contributed by atoms with Gasteiger partial charge in [-0.1, -0.05) is 45.0 Å². The Kier molecular flexibility index (Phi) is 8.43. The second-order valence-corrected chi connectivity index (χ2v) is 7.83. The molecule has 0 bridgehead atoms. The first-order chi connectivity index (χ1) is 15.9. The molecule has 7 nitrogen and oxygen atoms in total. The van der Waals surface area contributed by atoms with Crippen LogP contribution in [-0.4, -0.2) is 31.5 Å². The average Bonchev–Trinajstić information content (AvgIpc) is 3.30. The summed E-state index contributed by atoms with van der Waals surface area (Å²) in [6.07, 6.45) is 2.88. The Hall–Kier alpha value is -3.39. The number of aromatic nitrogens is 1. The van der Waals surface area contributed by atoms with Crippen LogP contribution in [0.15, 0.2) is 53.5 Å². The highest BCUT2D eigenvalue weighted by Gasteiger charge is 2.29. The van der Waals surface area contributed by atoms with Crippen LogP contribution >= 0.6 is 0 Å². The number of methoxy groups -OCH3 is 1. The highest BCUT2D eigenvalue weighted by atomic mass is 19.1. The zero-order chi connectivity index (χ0) is 23.8. The van der Waals surface area contributed by atoms with Gasteiger partial charge >= 0.3 is 5.97 Å². The maximum Gasteiger partial charge on any atom is 0.320 e. The molecule has 1 unspecified atom stereocenters. The van der Waals surface area contributed by atoms with Gasteiger partial charge in [-0.15, -0.1) is 0 Å². The molecule has 0 aliphatic heterocycles. The molecule has 0 radical (unpaired) electrons. The van der Waals surface area contributed by atoms with Crippen molar-refractivity contribution >= 4 is 5.97 Å². The highest BCUT2D eigenvalue weighted by Crippen LogP contribution is 2.44. The van der Waals surface area contributed by atoms with Crippen molar-refractivity contribution in [2.24, 2.45) is 5.92 Å². The standard InChI is InChI=1S/C25H28FNO6/c1-5-19(25(28)33-22-13-30-14-27-22)21-11-10-20(17-6-8-18(26)9-7-17)23(31-12-16(2)3)24(21)32-15-29-4/h6-11,13-14,16,19H,5,12,15H2,1-4H3. The zero-order valence-electron chi connectivity index (χ0n) is 19.2. The molecule has 0 amide bonds. The maximum absolute atomic E-state index is 13.5. The Morgan fingerprint density at radius 3 is 2.45 bits per heavy atom. The fraction of sp³-hybridized carbons (Fsp3) is 0.360. The van der Waals surface area contributed by atoms with E-state index in [0.717, 1.165) is 5.56 Å². The van der Waals surface area contributed by atoms with Crippen molar-refractivity contribution in [1.82, 2.24) is 4.98 Å². The van der Waals surface area contributed by atoms with E-state index < -0.39 is 11.9 Å². The molecule has 0 spiro atoms. The fourth-order valence-corrected chi connectivity index (χ4v) is 3.31. The molecule has 2 aromatic carbocycles. The molecule has 0 saturated heterocycles. The number of hydrogen-bond acceptors (Lipinski definition) is 7. The number of halogens is 1. The first kappa shape index (κ1) is 24.3. The van der Waals surface area contributed by atoms with Crippen LogP contribution in [0.2, 0.25) is 0 Å². The van der Waals surface area contributed by atoms with E-state index in [2.05, 4.69) is 4.98 Å². The predicted molar refractivity (Wildman–Crippen MR) is 120 cm³/mol. The smallest absolute Gasteiger partial charge is 0.320 e. The topological polar surface area (TPSA) is 80.0 Å². The minimum Gasteiger partial charge on any atom is -0.489 e. The van der Waals surface area contributed by atoms with Crippen molar-refractivity contribution in [3.8, 4) is 28.5 Å². The van der Waals surface area contributed by atoms with Crippen LogP contribution in [0.4, 0.5) is 4.39 Å². The third-order valence-corrected chi connectivity index (χ3v) is 4.86. The van der Waals surface area contributed by atoms with Crippen molar-refractivity contribution in [3.05, 3.63) is 60.4 Å². The van der Waals surface area contributed by atoms with E-state index in [0.29, 0.717) is 35.7 Å². The van der Waals surface area contributed by atoms with Gasteiger partial charge in [0.1, 0.15) is 5.82 Å². The molecule has 0 aliphatic carbocycles. The van der Waals surface area contributed by atoms with Crippen LogP contribution in [0.25, 0.3) is 11.1 Å². The van der Waals surface area contributed by atoms with Crippen molar-refractivity contribution < 1.29 is 32.5 Å². The highest BCUT2D eigenvalue weighted by molar-refractivity contribution is 5.83. The number of esters is 1. The Balaban J connectivity index is 2.10. The fourth-order valence-electron chi connectivity index (χ4n) is 3.31. The van der Waals surface area contributed by atoms with Crippen LogP contribution < -0.4 is 14.2 Å². The predicted octanol–water partition coefficient (Wildman–Crippen LogP) is 5.60. The molecule has 1 atom stereocenters. The van der Waals surface area contributed by atoms with E-state index in [1.165, 1.54) is 31.9 Å². The van der Waals surface area contributed by atoms with Gasteiger partial charge in [0.15, 0.2) is 30.9 Å². The molecule has 176 valence electrons. The molecule has 3 rings (SSSR count). The summed E-state index contributed by atoms with van der Waals surface area (Å²) in [5, 5.41) is 0. The molecule has 8 heteroatoms. The SMILES string of the molecule is CCC(C(=O)Oc1cocn1)c1ccc(-c2ccc(F)cc2)c(OCC(C)C)c1OCOC. The van der Waals surface area contributed by atoms with E-state index in [1.807, 2.05) is 26.8 Å². The molecule has 0 fully saturated rings. The molecular formula is C25H28FNO6. The number of rotatable bonds is 11. The molecule has 33 heavy (non-hydrogen) atoms. The molecular weight excluding hydrogens is 429 g/mol. The summed E-state index contributed by atoms with van der Waals surface area (Å²) in [4.78, 5) is 16.8. The van der Waals surface area contributed by atoms with Crippen molar-refractivity contribution in [2.45, 2.75) is 33.1 Å². The third-order valence-electron chi connectivity index (χ3n) is 4.86. The van der Waals surface area contributed by atoms with Crippen LogP contribution in [0.1, 0.15) is 38.7 Å². The summed E-state index contributed by atoms with van der Waals surface area (Å²) < 4.78 is 41.0. The van der Waals surface area contributed by atoms with Gasteiger partial charge in [0.2, 0.25) is 0 Å². The van der Waals surface area contributed by atoms with Gasteiger partial charge in [-0.05, 0) is 30.0 Å². The number of hydrogen-bond donors (Lipinski definition) is 0. The number of benzene rings is 2. The normalized spacial score (nSPS) is 11.9. The summed E-state index contributed by atoms with van der Waals surface area (Å²) in [5.41, 5.74) is 2.06. The van der Waals surface area contributed by atoms with Gasteiger partial charge < -0.3 is 23.4 Å². The van der Waals surface area contributed by atoms with E-state index in [-0.39, 0.29) is 24.4 Å². The quantitative estimate of drug-likeness (QED) is 0.274. The minimum atomic E-state index is -0.655. The summed E-state index contributed by atoms with van der Waals surface area (Å²) in [5.74, 6) is -0.338. The summed E-state index contributed by atoms with van der Waals surface area (Å²) in [7, 11) is 1.51. The Morgan fingerprint density at radius 1 is 1.09 bits per heavy atom. The maximum atomic E-state index is 13.5. The third kappa shape index (κ3) is 6.10. The molecule has 1 aromatic heterocycles. The lowest BCUT2D eigenvalue weighted by molar-refractivity contribution is -0.136. The van der Waals surface area contributed by atoms with Gasteiger partial charge in [-0.25, -0.2) is 4.39 Å². The van der Waals surface area contributed by atoms with Crippen LogP contribution in [0, 0.1) is 11.7 Å². The lowest BCUT2D eigenvalue weighted by atomic mass is 9.92. The lowest BCUT2D eigenvalue weighted by Crippen LogP contribution is -2.20. The minimum absolute atomic E-state index is 0.0489. The molecule has 0 saturated carbocycles. The Bertz CT molecular complexity index is 1030. The number of nitrogens with zero attached hydrogens (tertiary/aromatic N) is 1. The van der Waals surface area contributed by atoms with Crippen LogP contribution in [-0.2, 0) is 9.53 Å². The average molecular weight is 457 g/mol. The van der Waals surface area contributed by atoms with Gasteiger partial charge in [0.05, 0.1) is 12.5 Å². The lowest BCUT2D eigenvalue weighted by Gasteiger charge is -2.23. The Morgan fingerprint density at radius 2 is 1.85 bits per heavy atom. The van der Waals surface area contributed by atoms with Crippen LogP contribution in [0.5, 0.6) is 17.4 Å². The second-order valence-electron chi connectivity index (χ2n) is 7.83. The van der Waals surface area contributed by atoms with Gasteiger partial charge in [0.25, 0.3) is 5.88 Å². The number of ether oxygens (including phenoxy) is 4. The molecule has 3 aromatic rings. The Labute approximate surface area is 192 Å². The van der Waals surface area contributed by atoms with Gasteiger partial charge in [0, 0.05) is 18.2 Å². The first-order valence-corrected chi connectivity index (χ1v) is 10.7. The number of carbonyl (C=O) groups excluding carboxylic acids is 1. The van der Waals surface area contributed by atoms with E-state index >= 15 is 0 Å². The largest absolute Gasteiger partial charge is 0.489 e.